The van der Waals surface area contributed by atoms with E-state index in [1.54, 1.807) is 0 Å². The summed E-state index contributed by atoms with van der Waals surface area (Å²) in [6, 6.07) is 1.21. The fraction of sp³-hybridized carbons (Fsp3) is 0.364. The monoisotopic (exact) mass is 301 g/mol. The van der Waals surface area contributed by atoms with Crippen LogP contribution in [0.2, 0.25) is 5.15 Å². The van der Waals surface area contributed by atoms with Crippen molar-refractivity contribution in [3.63, 3.8) is 0 Å². The summed E-state index contributed by atoms with van der Waals surface area (Å²) in [7, 11) is 1.27. The van der Waals surface area contributed by atoms with Crippen LogP contribution in [0.1, 0.15) is 23.2 Å². The van der Waals surface area contributed by atoms with E-state index in [1.165, 1.54) is 19.4 Å². The molecular weight excluding hydrogens is 290 g/mol. The van der Waals surface area contributed by atoms with E-state index in [1.807, 2.05) is 0 Å². The Morgan fingerprint density at radius 1 is 1.55 bits per heavy atom. The molecule has 1 amide bonds. The lowest BCUT2D eigenvalue weighted by Gasteiger charge is -2.05. The molecule has 0 aliphatic rings. The maximum Gasteiger partial charge on any atom is 0.319 e. The molecule has 0 fully saturated rings. The van der Waals surface area contributed by atoms with Crippen molar-refractivity contribution in [1.29, 1.82) is 0 Å². The number of ether oxygens (including phenoxy) is 1. The number of nitro groups is 1. The first-order valence-corrected chi connectivity index (χ1v) is 5.99. The molecule has 1 aromatic heterocycles. The number of rotatable bonds is 6. The van der Waals surface area contributed by atoms with E-state index in [2.05, 4.69) is 15.0 Å². The van der Waals surface area contributed by atoms with Gasteiger partial charge in [0.15, 0.2) is 0 Å². The van der Waals surface area contributed by atoms with Crippen molar-refractivity contribution in [1.82, 2.24) is 10.3 Å². The van der Waals surface area contributed by atoms with E-state index in [4.69, 9.17) is 11.6 Å². The van der Waals surface area contributed by atoms with E-state index >= 15 is 0 Å². The number of hydrogen-bond donors (Lipinski definition) is 1. The van der Waals surface area contributed by atoms with E-state index in [-0.39, 0.29) is 23.7 Å². The Balaban J connectivity index is 2.67. The van der Waals surface area contributed by atoms with Crippen LogP contribution < -0.4 is 5.32 Å². The summed E-state index contributed by atoms with van der Waals surface area (Å²) >= 11 is 5.60. The highest BCUT2D eigenvalue weighted by molar-refractivity contribution is 6.32. The first-order chi connectivity index (χ1) is 9.47. The van der Waals surface area contributed by atoms with Gasteiger partial charge in [-0.1, -0.05) is 11.6 Å². The predicted molar refractivity (Wildman–Crippen MR) is 69.5 cm³/mol. The molecule has 9 heteroatoms. The van der Waals surface area contributed by atoms with Crippen molar-refractivity contribution in [2.45, 2.75) is 12.8 Å². The van der Waals surface area contributed by atoms with Gasteiger partial charge in [-0.05, 0) is 12.5 Å². The molecule has 0 radical (unpaired) electrons. The van der Waals surface area contributed by atoms with Crippen molar-refractivity contribution >= 4 is 29.2 Å². The molecule has 0 saturated heterocycles. The van der Waals surface area contributed by atoms with Gasteiger partial charge in [-0.25, -0.2) is 4.98 Å². The molecule has 1 aromatic rings. The molecule has 1 N–H and O–H groups in total. The largest absolute Gasteiger partial charge is 0.469 e. The van der Waals surface area contributed by atoms with Gasteiger partial charge >= 0.3 is 11.7 Å². The zero-order valence-corrected chi connectivity index (χ0v) is 11.3. The van der Waals surface area contributed by atoms with E-state index < -0.39 is 22.5 Å². The third-order valence-electron chi connectivity index (χ3n) is 2.38. The normalized spacial score (nSPS) is 9.90. The lowest BCUT2D eigenvalue weighted by atomic mass is 10.2. The smallest absolute Gasteiger partial charge is 0.319 e. The summed E-state index contributed by atoms with van der Waals surface area (Å²) < 4.78 is 4.44. The first-order valence-electron chi connectivity index (χ1n) is 5.61. The molecule has 0 spiro atoms. The summed E-state index contributed by atoms with van der Waals surface area (Å²) in [5.74, 6) is -1.04. The molecule has 0 aliphatic carbocycles. The van der Waals surface area contributed by atoms with Crippen LogP contribution >= 0.6 is 11.6 Å². The van der Waals surface area contributed by atoms with Gasteiger partial charge in [0, 0.05) is 19.2 Å². The van der Waals surface area contributed by atoms with E-state index in [9.17, 15) is 19.7 Å². The molecule has 0 bridgehead atoms. The van der Waals surface area contributed by atoms with Crippen LogP contribution in [0.25, 0.3) is 0 Å². The summed E-state index contributed by atoms with van der Waals surface area (Å²) in [5.41, 5.74) is -0.715. The highest BCUT2D eigenvalue weighted by atomic mass is 35.5. The summed E-state index contributed by atoms with van der Waals surface area (Å²) in [4.78, 5) is 36.3. The van der Waals surface area contributed by atoms with Crippen LogP contribution in [0, 0.1) is 10.1 Å². The second-order valence-electron chi connectivity index (χ2n) is 3.69. The zero-order chi connectivity index (χ0) is 15.1. The molecule has 20 heavy (non-hydrogen) atoms. The van der Waals surface area contributed by atoms with Gasteiger partial charge in [-0.2, -0.15) is 0 Å². The Morgan fingerprint density at radius 3 is 2.85 bits per heavy atom. The van der Waals surface area contributed by atoms with E-state index in [0.29, 0.717) is 6.42 Å². The van der Waals surface area contributed by atoms with E-state index in [0.717, 1.165) is 0 Å². The van der Waals surface area contributed by atoms with Gasteiger partial charge in [0.05, 0.1) is 12.0 Å². The van der Waals surface area contributed by atoms with Crippen molar-refractivity contribution in [3.8, 4) is 0 Å². The average Bonchev–Trinajstić information content (AvgIpc) is 2.42. The fourth-order valence-corrected chi connectivity index (χ4v) is 1.64. The average molecular weight is 302 g/mol. The minimum Gasteiger partial charge on any atom is -0.469 e. The van der Waals surface area contributed by atoms with Gasteiger partial charge in [0.2, 0.25) is 5.15 Å². The molecular formula is C11H12ClN3O5. The van der Waals surface area contributed by atoms with Gasteiger partial charge in [0.25, 0.3) is 5.91 Å². The number of nitrogens with zero attached hydrogens (tertiary/aromatic N) is 2. The maximum atomic E-state index is 11.8. The lowest BCUT2D eigenvalue weighted by Crippen LogP contribution is -2.26. The number of methoxy groups -OCH3 is 1. The Hall–Kier alpha value is -2.22. The number of amides is 1. The minimum absolute atomic E-state index is 0.149. The van der Waals surface area contributed by atoms with Crippen LogP contribution in [0.3, 0.4) is 0 Å². The highest BCUT2D eigenvalue weighted by Gasteiger charge is 2.24. The summed E-state index contributed by atoms with van der Waals surface area (Å²) in [6.07, 6.45) is 1.72. The molecule has 0 aromatic carbocycles. The Kier molecular flexibility index (Phi) is 5.85. The second-order valence-corrected chi connectivity index (χ2v) is 4.05. The Labute approximate surface area is 119 Å². The van der Waals surface area contributed by atoms with Crippen molar-refractivity contribution in [2.75, 3.05) is 13.7 Å². The standard InChI is InChI=1S/C11H12ClN3O5/c1-20-8(16)3-2-5-14-11(17)7-4-6-13-10(12)9(7)15(18)19/h4,6H,2-3,5H2,1H3,(H,14,17). The van der Waals surface area contributed by atoms with Gasteiger partial charge in [-0.3, -0.25) is 19.7 Å². The fourth-order valence-electron chi connectivity index (χ4n) is 1.42. The number of carbonyl (C=O) groups excluding carboxylic acids is 2. The summed E-state index contributed by atoms with van der Waals surface area (Å²) in [5, 5.41) is 13.0. The Morgan fingerprint density at radius 2 is 2.25 bits per heavy atom. The quantitative estimate of drug-likeness (QED) is 0.279. The molecule has 8 nitrogen and oxygen atoms in total. The predicted octanol–water partition coefficient (Wildman–Crippen LogP) is 1.33. The SMILES string of the molecule is COC(=O)CCCNC(=O)c1ccnc(Cl)c1[N+](=O)[O-]. The van der Waals surface area contributed by atoms with Crippen LogP contribution in [-0.2, 0) is 9.53 Å². The molecule has 0 saturated carbocycles. The van der Waals surface area contributed by atoms with Gasteiger partial charge < -0.3 is 10.1 Å². The molecule has 0 aliphatic heterocycles. The number of pyridine rings is 1. The van der Waals surface area contributed by atoms with Gasteiger partial charge in [0.1, 0.15) is 5.56 Å². The first kappa shape index (κ1) is 15.8. The lowest BCUT2D eigenvalue weighted by molar-refractivity contribution is -0.385. The molecule has 0 unspecified atom stereocenters. The van der Waals surface area contributed by atoms with Crippen molar-refractivity contribution in [2.24, 2.45) is 0 Å². The number of hydrogen-bond acceptors (Lipinski definition) is 6. The minimum atomic E-state index is -0.765. The van der Waals surface area contributed by atoms with Crippen molar-refractivity contribution < 1.29 is 19.2 Å². The van der Waals surface area contributed by atoms with Crippen LogP contribution in [0.5, 0.6) is 0 Å². The third kappa shape index (κ3) is 4.16. The number of aromatic nitrogens is 1. The van der Waals surface area contributed by atoms with Crippen molar-refractivity contribution in [3.05, 3.63) is 33.1 Å². The number of carbonyl (C=O) groups is 2. The molecule has 108 valence electrons. The number of halogens is 1. The third-order valence-corrected chi connectivity index (χ3v) is 2.65. The van der Waals surface area contributed by atoms with Crippen LogP contribution in [0.15, 0.2) is 12.3 Å². The number of esters is 1. The second kappa shape index (κ2) is 7.39. The molecule has 1 rings (SSSR count). The highest BCUT2D eigenvalue weighted by Crippen LogP contribution is 2.25. The molecule has 1 heterocycles. The number of nitrogens with one attached hydrogen (secondary N) is 1. The van der Waals surface area contributed by atoms with Gasteiger partial charge in [-0.15, -0.1) is 0 Å². The zero-order valence-electron chi connectivity index (χ0n) is 10.6. The maximum absolute atomic E-state index is 11.8. The Bertz CT molecular complexity index is 535. The van der Waals surface area contributed by atoms with Crippen LogP contribution in [-0.4, -0.2) is 35.4 Å². The molecule has 0 atom stereocenters. The topological polar surface area (TPSA) is 111 Å². The van der Waals surface area contributed by atoms with Crippen LogP contribution in [0.4, 0.5) is 5.69 Å². The summed E-state index contributed by atoms with van der Waals surface area (Å²) in [6.45, 7) is 0.186.